The van der Waals surface area contributed by atoms with Crippen LogP contribution in [0.2, 0.25) is 0 Å². The molecular weight excluding hydrogens is 320 g/mol. The van der Waals surface area contributed by atoms with Crippen LogP contribution in [0.25, 0.3) is 10.9 Å². The first-order valence-electron chi connectivity index (χ1n) is 7.35. The number of hydrogen-bond donors (Lipinski definition) is 1. The molecule has 1 heterocycles. The Kier molecular flexibility index (Phi) is 4.73. The number of thioether (sulfide) groups is 1. The van der Waals surface area contributed by atoms with E-state index in [-0.39, 0.29) is 11.2 Å². The Bertz CT molecular complexity index is 913. The topological polar surface area (TPSA) is 78.7 Å². The Labute approximate surface area is 143 Å². The van der Waals surface area contributed by atoms with Gasteiger partial charge in [0.1, 0.15) is 11.4 Å². The lowest BCUT2D eigenvalue weighted by atomic mass is 10.2. The minimum absolute atomic E-state index is 0.118. The first-order chi connectivity index (χ1) is 11.7. The molecule has 1 atom stereocenters. The highest BCUT2D eigenvalue weighted by Crippen LogP contribution is 2.28. The molecule has 0 bridgehead atoms. The van der Waals surface area contributed by atoms with Crippen molar-refractivity contribution in [2.75, 3.05) is 5.32 Å². The number of nitrogens with zero attached hydrogens (tertiary/aromatic N) is 3. The minimum Gasteiger partial charge on any atom is -0.325 e. The molecule has 1 N–H and O–H groups in total. The summed E-state index contributed by atoms with van der Waals surface area (Å²) >= 11 is 1.39. The predicted molar refractivity (Wildman–Crippen MR) is 94.6 cm³/mol. The number of nitrogens with one attached hydrogen (secondary N) is 1. The van der Waals surface area contributed by atoms with Gasteiger partial charge in [0.15, 0.2) is 0 Å². The van der Waals surface area contributed by atoms with Crippen molar-refractivity contribution in [3.8, 4) is 6.07 Å². The number of carbonyl (C=O) groups is 1. The van der Waals surface area contributed by atoms with E-state index in [1.807, 2.05) is 37.3 Å². The number of carbonyl (C=O) groups excluding carboxylic acids is 1. The van der Waals surface area contributed by atoms with Crippen molar-refractivity contribution in [1.29, 1.82) is 5.26 Å². The van der Waals surface area contributed by atoms with E-state index in [1.165, 1.54) is 18.1 Å². The van der Waals surface area contributed by atoms with Crippen LogP contribution in [-0.4, -0.2) is 21.1 Å². The van der Waals surface area contributed by atoms with E-state index in [1.54, 1.807) is 24.3 Å². The average Bonchev–Trinajstić information content (AvgIpc) is 2.62. The number of hydrogen-bond acceptors (Lipinski definition) is 5. The summed E-state index contributed by atoms with van der Waals surface area (Å²) < 4.78 is 0. The van der Waals surface area contributed by atoms with E-state index in [2.05, 4.69) is 15.3 Å². The van der Waals surface area contributed by atoms with Gasteiger partial charge in [-0.25, -0.2) is 9.97 Å². The third kappa shape index (κ3) is 3.53. The van der Waals surface area contributed by atoms with E-state index in [9.17, 15) is 4.79 Å². The summed E-state index contributed by atoms with van der Waals surface area (Å²) in [5.41, 5.74) is 2.08. The van der Waals surface area contributed by atoms with Gasteiger partial charge < -0.3 is 5.32 Å². The van der Waals surface area contributed by atoms with E-state index in [4.69, 9.17) is 5.26 Å². The molecule has 3 rings (SSSR count). The standard InChI is InChI=1S/C18H14N4OS/c1-12(17(23)22-14-8-6-13(10-19)7-9-14)24-18-15-4-2-3-5-16(15)20-11-21-18/h2-9,11-12H,1H3,(H,22,23)/t12-/m1/s1. The molecule has 0 unspecified atom stereocenters. The fourth-order valence-electron chi connectivity index (χ4n) is 2.17. The highest BCUT2D eigenvalue weighted by molar-refractivity contribution is 8.00. The number of amides is 1. The molecule has 118 valence electrons. The molecule has 0 saturated carbocycles. The van der Waals surface area contributed by atoms with Gasteiger partial charge in [0.25, 0.3) is 0 Å². The molecule has 0 spiro atoms. The fraction of sp³-hybridized carbons (Fsp3) is 0.111. The first kappa shape index (κ1) is 16.0. The second-order valence-electron chi connectivity index (χ2n) is 5.13. The summed E-state index contributed by atoms with van der Waals surface area (Å²) in [4.78, 5) is 20.9. The minimum atomic E-state index is -0.320. The molecule has 1 amide bonds. The summed E-state index contributed by atoms with van der Waals surface area (Å²) in [5, 5.41) is 13.0. The zero-order chi connectivity index (χ0) is 16.9. The van der Waals surface area contributed by atoms with Crippen molar-refractivity contribution in [2.45, 2.75) is 17.2 Å². The van der Waals surface area contributed by atoms with Crippen molar-refractivity contribution < 1.29 is 4.79 Å². The second-order valence-corrected chi connectivity index (χ2v) is 6.46. The van der Waals surface area contributed by atoms with Crippen molar-refractivity contribution in [3.63, 3.8) is 0 Å². The molecule has 3 aromatic rings. The summed E-state index contributed by atoms with van der Waals surface area (Å²) in [6.45, 7) is 1.83. The molecule has 0 fully saturated rings. The van der Waals surface area contributed by atoms with Crippen LogP contribution in [0.5, 0.6) is 0 Å². The molecule has 6 heteroatoms. The number of fused-ring (bicyclic) bond motifs is 1. The molecule has 5 nitrogen and oxygen atoms in total. The van der Waals surface area contributed by atoms with Gasteiger partial charge in [-0.2, -0.15) is 5.26 Å². The lowest BCUT2D eigenvalue weighted by Crippen LogP contribution is -2.22. The van der Waals surface area contributed by atoms with Gasteiger partial charge in [0.2, 0.25) is 5.91 Å². The Morgan fingerprint density at radius 2 is 1.92 bits per heavy atom. The maximum absolute atomic E-state index is 12.4. The van der Waals surface area contributed by atoms with Crippen LogP contribution >= 0.6 is 11.8 Å². The van der Waals surface area contributed by atoms with Crippen LogP contribution in [0.3, 0.4) is 0 Å². The number of aromatic nitrogens is 2. The van der Waals surface area contributed by atoms with Crippen LogP contribution in [0.15, 0.2) is 59.9 Å². The normalized spacial score (nSPS) is 11.7. The van der Waals surface area contributed by atoms with E-state index >= 15 is 0 Å². The SMILES string of the molecule is C[C@@H](Sc1ncnc2ccccc12)C(=O)Nc1ccc(C#N)cc1. The molecule has 0 radical (unpaired) electrons. The lowest BCUT2D eigenvalue weighted by Gasteiger charge is -2.12. The maximum atomic E-state index is 12.4. The molecule has 0 aliphatic carbocycles. The number of anilines is 1. The van der Waals surface area contributed by atoms with E-state index in [0.717, 1.165) is 15.9 Å². The average molecular weight is 334 g/mol. The summed E-state index contributed by atoms with van der Waals surface area (Å²) in [7, 11) is 0. The zero-order valence-corrected chi connectivity index (χ0v) is 13.7. The van der Waals surface area contributed by atoms with Gasteiger partial charge in [-0.05, 0) is 37.3 Å². The van der Waals surface area contributed by atoms with Crippen LogP contribution in [0, 0.1) is 11.3 Å². The number of nitriles is 1. The molecule has 0 aliphatic heterocycles. The van der Waals surface area contributed by atoms with Crippen LogP contribution in [0.4, 0.5) is 5.69 Å². The van der Waals surface area contributed by atoms with Crippen LogP contribution in [-0.2, 0) is 4.79 Å². The maximum Gasteiger partial charge on any atom is 0.237 e. The Balaban J connectivity index is 1.72. The molecule has 0 saturated heterocycles. The van der Waals surface area contributed by atoms with E-state index < -0.39 is 0 Å². The Morgan fingerprint density at radius 3 is 2.67 bits per heavy atom. The lowest BCUT2D eigenvalue weighted by molar-refractivity contribution is -0.115. The van der Waals surface area contributed by atoms with Gasteiger partial charge >= 0.3 is 0 Å². The summed E-state index contributed by atoms with van der Waals surface area (Å²) in [5.74, 6) is -0.118. The van der Waals surface area contributed by atoms with Gasteiger partial charge in [-0.15, -0.1) is 0 Å². The zero-order valence-electron chi connectivity index (χ0n) is 12.9. The van der Waals surface area contributed by atoms with E-state index in [0.29, 0.717) is 11.3 Å². The van der Waals surface area contributed by atoms with Gasteiger partial charge in [0, 0.05) is 11.1 Å². The molecule has 0 aliphatic rings. The van der Waals surface area contributed by atoms with Crippen molar-refractivity contribution in [1.82, 2.24) is 9.97 Å². The highest BCUT2D eigenvalue weighted by atomic mass is 32.2. The first-order valence-corrected chi connectivity index (χ1v) is 8.23. The number of rotatable bonds is 4. The molecular formula is C18H14N4OS. The predicted octanol–water partition coefficient (Wildman–Crippen LogP) is 3.62. The second kappa shape index (κ2) is 7.11. The Hall–Kier alpha value is -2.91. The smallest absolute Gasteiger partial charge is 0.237 e. The monoisotopic (exact) mass is 334 g/mol. The number of para-hydroxylation sites is 1. The van der Waals surface area contributed by atoms with Crippen molar-refractivity contribution >= 4 is 34.3 Å². The van der Waals surface area contributed by atoms with Gasteiger partial charge in [0.05, 0.1) is 22.4 Å². The number of benzene rings is 2. The third-order valence-corrected chi connectivity index (χ3v) is 4.56. The fourth-order valence-corrected chi connectivity index (χ4v) is 3.08. The van der Waals surface area contributed by atoms with Crippen LogP contribution in [0.1, 0.15) is 12.5 Å². The summed E-state index contributed by atoms with van der Waals surface area (Å²) in [6.07, 6.45) is 1.51. The third-order valence-electron chi connectivity index (χ3n) is 3.45. The van der Waals surface area contributed by atoms with Crippen LogP contribution < -0.4 is 5.32 Å². The highest BCUT2D eigenvalue weighted by Gasteiger charge is 2.17. The van der Waals surface area contributed by atoms with Gasteiger partial charge in [-0.1, -0.05) is 30.0 Å². The van der Waals surface area contributed by atoms with Gasteiger partial charge in [-0.3, -0.25) is 4.79 Å². The molecule has 2 aromatic carbocycles. The largest absolute Gasteiger partial charge is 0.325 e. The van der Waals surface area contributed by atoms with Crippen molar-refractivity contribution in [2.24, 2.45) is 0 Å². The Morgan fingerprint density at radius 1 is 1.17 bits per heavy atom. The van der Waals surface area contributed by atoms with Crippen molar-refractivity contribution in [3.05, 3.63) is 60.4 Å². The molecule has 1 aromatic heterocycles. The summed E-state index contributed by atoms with van der Waals surface area (Å²) in [6, 6.07) is 16.5. The molecule has 24 heavy (non-hydrogen) atoms. The quantitative estimate of drug-likeness (QED) is 0.582.